The fraction of sp³-hybridized carbons (Fsp3) is 0.231. The molecule has 2 aromatic rings. The van der Waals surface area contributed by atoms with Gasteiger partial charge in [-0.1, -0.05) is 6.07 Å². The van der Waals surface area contributed by atoms with E-state index in [4.69, 9.17) is 4.42 Å². The minimum Gasteiger partial charge on any atom is -0.502 e. The van der Waals surface area contributed by atoms with Gasteiger partial charge in [0.25, 0.3) is 5.88 Å². The molecule has 0 aliphatic heterocycles. The maximum absolute atomic E-state index is 13.7. The molecule has 120 valence electrons. The molecule has 0 fully saturated rings. The second-order valence-electron chi connectivity index (χ2n) is 4.40. The largest absolute Gasteiger partial charge is 0.502 e. The molecular weight excluding hydrogens is 320 g/mol. The minimum absolute atomic E-state index is 0.298. The second-order valence-corrected chi connectivity index (χ2v) is 6.69. The van der Waals surface area contributed by atoms with Crippen LogP contribution >= 0.6 is 0 Å². The highest BCUT2D eigenvalue weighted by Gasteiger charge is 2.30. The SMILES string of the molecule is CCS(=O)(=O)N(C)c1oc(-c2c(F)cccc2F)c(O)c1O. The van der Waals surface area contributed by atoms with Gasteiger partial charge in [0.15, 0.2) is 5.76 Å². The van der Waals surface area contributed by atoms with Crippen molar-refractivity contribution in [3.05, 3.63) is 29.8 Å². The van der Waals surface area contributed by atoms with Gasteiger partial charge in [-0.15, -0.1) is 0 Å². The zero-order valence-corrected chi connectivity index (χ0v) is 12.5. The predicted molar refractivity (Wildman–Crippen MR) is 75.3 cm³/mol. The lowest BCUT2D eigenvalue weighted by Gasteiger charge is -2.14. The lowest BCUT2D eigenvalue weighted by atomic mass is 10.1. The zero-order chi connectivity index (χ0) is 16.7. The Hall–Kier alpha value is -2.29. The van der Waals surface area contributed by atoms with E-state index in [1.165, 1.54) is 6.92 Å². The molecule has 0 saturated carbocycles. The van der Waals surface area contributed by atoms with E-state index < -0.39 is 50.4 Å². The quantitative estimate of drug-likeness (QED) is 0.897. The van der Waals surface area contributed by atoms with E-state index in [2.05, 4.69) is 0 Å². The van der Waals surface area contributed by atoms with Crippen LogP contribution in [-0.2, 0) is 10.0 Å². The Kier molecular flexibility index (Phi) is 4.01. The highest BCUT2D eigenvalue weighted by Crippen LogP contribution is 2.48. The van der Waals surface area contributed by atoms with Crippen LogP contribution in [0.15, 0.2) is 22.6 Å². The number of benzene rings is 1. The van der Waals surface area contributed by atoms with Crippen molar-refractivity contribution >= 4 is 15.9 Å². The van der Waals surface area contributed by atoms with Crippen LogP contribution in [-0.4, -0.2) is 31.4 Å². The van der Waals surface area contributed by atoms with Crippen molar-refractivity contribution in [3.63, 3.8) is 0 Å². The monoisotopic (exact) mass is 333 g/mol. The molecule has 22 heavy (non-hydrogen) atoms. The van der Waals surface area contributed by atoms with Crippen LogP contribution in [0, 0.1) is 11.6 Å². The van der Waals surface area contributed by atoms with Gasteiger partial charge in [0.05, 0.1) is 11.3 Å². The number of nitrogens with zero attached hydrogens (tertiary/aromatic N) is 1. The van der Waals surface area contributed by atoms with Crippen LogP contribution in [0.1, 0.15) is 6.92 Å². The second kappa shape index (κ2) is 5.48. The van der Waals surface area contributed by atoms with Crippen molar-refractivity contribution in [1.29, 1.82) is 0 Å². The summed E-state index contributed by atoms with van der Waals surface area (Å²) in [7, 11) is -2.72. The number of aromatic hydroxyl groups is 2. The van der Waals surface area contributed by atoms with E-state index in [9.17, 15) is 27.4 Å². The molecule has 0 unspecified atom stereocenters. The molecule has 0 atom stereocenters. The summed E-state index contributed by atoms with van der Waals surface area (Å²) >= 11 is 0. The van der Waals surface area contributed by atoms with E-state index in [0.717, 1.165) is 25.2 Å². The van der Waals surface area contributed by atoms with Crippen molar-refractivity contribution < 1.29 is 31.8 Å². The van der Waals surface area contributed by atoms with Crippen molar-refractivity contribution in [1.82, 2.24) is 0 Å². The summed E-state index contributed by atoms with van der Waals surface area (Å²) in [5.74, 6) is -5.55. The number of rotatable bonds is 4. The van der Waals surface area contributed by atoms with Gasteiger partial charge in [0, 0.05) is 7.05 Å². The van der Waals surface area contributed by atoms with Crippen LogP contribution in [0.25, 0.3) is 11.3 Å². The van der Waals surface area contributed by atoms with Gasteiger partial charge in [-0.05, 0) is 19.1 Å². The minimum atomic E-state index is -3.80. The highest BCUT2D eigenvalue weighted by atomic mass is 32.2. The van der Waals surface area contributed by atoms with E-state index in [1.54, 1.807) is 0 Å². The maximum Gasteiger partial charge on any atom is 0.256 e. The van der Waals surface area contributed by atoms with Gasteiger partial charge >= 0.3 is 0 Å². The summed E-state index contributed by atoms with van der Waals surface area (Å²) in [6.45, 7) is 1.36. The molecule has 1 aromatic carbocycles. The third kappa shape index (κ3) is 2.47. The first-order valence-corrected chi connectivity index (χ1v) is 7.77. The molecule has 2 N–H and O–H groups in total. The van der Waals surface area contributed by atoms with Gasteiger partial charge in [-0.25, -0.2) is 21.5 Å². The molecule has 1 heterocycles. The van der Waals surface area contributed by atoms with Crippen LogP contribution < -0.4 is 4.31 Å². The number of sulfonamides is 1. The van der Waals surface area contributed by atoms with Crippen molar-refractivity contribution in [2.24, 2.45) is 0 Å². The Bertz CT molecular complexity index is 796. The normalized spacial score (nSPS) is 11.6. The molecule has 0 amide bonds. The molecule has 0 aliphatic rings. The summed E-state index contributed by atoms with van der Waals surface area (Å²) < 4.78 is 56.6. The third-order valence-corrected chi connectivity index (χ3v) is 4.83. The van der Waals surface area contributed by atoms with Gasteiger partial charge in [0.2, 0.25) is 21.5 Å². The maximum atomic E-state index is 13.7. The van der Waals surface area contributed by atoms with Crippen molar-refractivity contribution in [2.45, 2.75) is 6.92 Å². The van der Waals surface area contributed by atoms with Crippen molar-refractivity contribution in [3.8, 4) is 22.8 Å². The van der Waals surface area contributed by atoms with E-state index in [-0.39, 0.29) is 5.75 Å². The molecule has 0 saturated heterocycles. The van der Waals surface area contributed by atoms with Crippen molar-refractivity contribution in [2.75, 3.05) is 17.1 Å². The Morgan fingerprint density at radius 1 is 1.18 bits per heavy atom. The third-order valence-electron chi connectivity index (χ3n) is 3.10. The zero-order valence-electron chi connectivity index (χ0n) is 11.7. The Morgan fingerprint density at radius 2 is 1.73 bits per heavy atom. The number of furan rings is 1. The average molecular weight is 333 g/mol. The van der Waals surface area contributed by atoms with Crippen LogP contribution in [0.4, 0.5) is 14.7 Å². The van der Waals surface area contributed by atoms with Gasteiger partial charge < -0.3 is 14.6 Å². The van der Waals surface area contributed by atoms with Crippen LogP contribution in [0.3, 0.4) is 0 Å². The summed E-state index contributed by atoms with van der Waals surface area (Å²) in [6.07, 6.45) is 0. The fourth-order valence-corrected chi connectivity index (χ4v) is 2.58. The summed E-state index contributed by atoms with van der Waals surface area (Å²) in [6, 6.07) is 2.98. The molecule has 0 aliphatic carbocycles. The molecule has 0 spiro atoms. The molecule has 0 radical (unpaired) electrons. The Morgan fingerprint density at radius 3 is 2.23 bits per heavy atom. The average Bonchev–Trinajstić information content (AvgIpc) is 2.75. The van der Waals surface area contributed by atoms with Crippen LogP contribution in [0.2, 0.25) is 0 Å². The highest BCUT2D eigenvalue weighted by molar-refractivity contribution is 7.92. The summed E-state index contributed by atoms with van der Waals surface area (Å²) in [5.41, 5.74) is -0.705. The smallest absolute Gasteiger partial charge is 0.256 e. The first kappa shape index (κ1) is 16.1. The van der Waals surface area contributed by atoms with E-state index in [0.29, 0.717) is 4.31 Å². The van der Waals surface area contributed by atoms with Gasteiger partial charge in [0.1, 0.15) is 11.6 Å². The summed E-state index contributed by atoms with van der Waals surface area (Å²) in [5, 5.41) is 19.6. The number of hydrogen-bond acceptors (Lipinski definition) is 5. The number of anilines is 1. The Balaban J connectivity index is 2.66. The first-order valence-electron chi connectivity index (χ1n) is 6.16. The van der Waals surface area contributed by atoms with E-state index >= 15 is 0 Å². The predicted octanol–water partition coefficient (Wildman–Crippen LogP) is 2.42. The fourth-order valence-electron chi connectivity index (χ4n) is 1.82. The lowest BCUT2D eigenvalue weighted by Crippen LogP contribution is -2.27. The lowest BCUT2D eigenvalue weighted by molar-refractivity contribution is 0.409. The standard InChI is InChI=1S/C13H13F2NO5S/c1-3-22(19,20)16(2)13-11(18)10(17)12(21-13)9-7(14)5-4-6-8(9)15/h4-6,17-18H,3H2,1-2H3. The van der Waals surface area contributed by atoms with Gasteiger partial charge in [-0.2, -0.15) is 0 Å². The molecule has 2 rings (SSSR count). The number of hydrogen-bond donors (Lipinski definition) is 2. The molecule has 6 nitrogen and oxygen atoms in total. The number of halogens is 2. The molecule has 0 bridgehead atoms. The Labute approximate surface area is 125 Å². The van der Waals surface area contributed by atoms with Gasteiger partial charge in [-0.3, -0.25) is 0 Å². The molecular formula is C13H13F2NO5S. The molecule has 1 aromatic heterocycles. The van der Waals surface area contributed by atoms with E-state index in [1.807, 2.05) is 0 Å². The topological polar surface area (TPSA) is 91.0 Å². The molecule has 9 heteroatoms. The summed E-state index contributed by atoms with van der Waals surface area (Å²) in [4.78, 5) is 0. The first-order chi connectivity index (χ1) is 10.2. The van der Waals surface area contributed by atoms with Crippen LogP contribution in [0.5, 0.6) is 11.5 Å².